The van der Waals surface area contributed by atoms with Gasteiger partial charge in [-0.05, 0) is 37.0 Å². The van der Waals surface area contributed by atoms with Gasteiger partial charge in [0.2, 0.25) is 0 Å². The summed E-state index contributed by atoms with van der Waals surface area (Å²) < 4.78 is 38.3. The average Bonchev–Trinajstić information content (AvgIpc) is 2.45. The molecule has 0 amide bonds. The first-order valence-corrected chi connectivity index (χ1v) is 7.10. The lowest BCUT2D eigenvalue weighted by molar-refractivity contribution is -0.137. The number of thiocarbonyl (C=S) groups is 1. The SMILES string of the molecule is NC(=S)c1cc(C(F)(F)F)ccc1N1CCC(CO)CC1. The lowest BCUT2D eigenvalue weighted by atomic mass is 9.96. The predicted molar refractivity (Wildman–Crippen MR) is 79.4 cm³/mol. The molecule has 0 radical (unpaired) electrons. The molecule has 3 nitrogen and oxygen atoms in total. The van der Waals surface area contributed by atoms with Gasteiger partial charge in [-0.2, -0.15) is 13.2 Å². The maximum atomic E-state index is 12.8. The van der Waals surface area contributed by atoms with Crippen LogP contribution in [-0.4, -0.2) is 29.8 Å². The van der Waals surface area contributed by atoms with E-state index in [9.17, 15) is 13.2 Å². The Bertz CT molecular complexity index is 525. The monoisotopic (exact) mass is 318 g/mol. The van der Waals surface area contributed by atoms with Gasteiger partial charge < -0.3 is 15.7 Å². The third kappa shape index (κ3) is 3.65. The molecular formula is C14H17F3N2OS. The Hall–Kier alpha value is -1.34. The molecule has 3 N–H and O–H groups in total. The summed E-state index contributed by atoms with van der Waals surface area (Å²) in [5.74, 6) is 0.254. The van der Waals surface area contributed by atoms with Crippen molar-refractivity contribution in [3.63, 3.8) is 0 Å². The minimum absolute atomic E-state index is 0.0413. The van der Waals surface area contributed by atoms with Crippen LogP contribution in [0.5, 0.6) is 0 Å². The maximum absolute atomic E-state index is 12.8. The highest BCUT2D eigenvalue weighted by Gasteiger charge is 2.32. The Morgan fingerprint density at radius 1 is 1.33 bits per heavy atom. The number of hydrogen-bond donors (Lipinski definition) is 2. The first-order chi connectivity index (χ1) is 9.82. The second-order valence-electron chi connectivity index (χ2n) is 5.21. The van der Waals surface area contributed by atoms with Crippen molar-refractivity contribution in [1.82, 2.24) is 0 Å². The zero-order valence-corrected chi connectivity index (χ0v) is 12.2. The van der Waals surface area contributed by atoms with Crippen LogP contribution in [0.2, 0.25) is 0 Å². The van der Waals surface area contributed by atoms with Gasteiger partial charge in [0.25, 0.3) is 0 Å². The van der Waals surface area contributed by atoms with Gasteiger partial charge in [-0.15, -0.1) is 0 Å². The highest BCUT2D eigenvalue weighted by Crippen LogP contribution is 2.34. The van der Waals surface area contributed by atoms with Crippen LogP contribution in [0.15, 0.2) is 18.2 Å². The molecule has 7 heteroatoms. The predicted octanol–water partition coefficient (Wildman–Crippen LogP) is 2.55. The fourth-order valence-electron chi connectivity index (χ4n) is 2.54. The molecule has 1 saturated heterocycles. The first-order valence-electron chi connectivity index (χ1n) is 6.69. The van der Waals surface area contributed by atoms with Gasteiger partial charge >= 0.3 is 6.18 Å². The number of benzene rings is 1. The van der Waals surface area contributed by atoms with Crippen LogP contribution in [0.1, 0.15) is 24.0 Å². The van der Waals surface area contributed by atoms with Crippen molar-refractivity contribution in [3.05, 3.63) is 29.3 Å². The molecule has 0 spiro atoms. The number of aliphatic hydroxyl groups is 1. The molecule has 0 unspecified atom stereocenters. The van der Waals surface area contributed by atoms with E-state index < -0.39 is 11.7 Å². The quantitative estimate of drug-likeness (QED) is 0.841. The number of alkyl halides is 3. The molecule has 1 heterocycles. The van der Waals surface area contributed by atoms with Crippen molar-refractivity contribution in [2.45, 2.75) is 19.0 Å². The van der Waals surface area contributed by atoms with Crippen LogP contribution in [0, 0.1) is 5.92 Å². The van der Waals surface area contributed by atoms with Crippen LogP contribution in [0.3, 0.4) is 0 Å². The van der Waals surface area contributed by atoms with Crippen molar-refractivity contribution >= 4 is 22.9 Å². The molecular weight excluding hydrogens is 301 g/mol. The summed E-state index contributed by atoms with van der Waals surface area (Å²) in [6, 6.07) is 3.49. The molecule has 116 valence electrons. The van der Waals surface area contributed by atoms with Gasteiger partial charge in [0.15, 0.2) is 0 Å². The molecule has 0 bridgehead atoms. The molecule has 21 heavy (non-hydrogen) atoms. The Morgan fingerprint density at radius 3 is 2.43 bits per heavy atom. The summed E-state index contributed by atoms with van der Waals surface area (Å²) in [6.07, 6.45) is -2.81. The van der Waals surface area contributed by atoms with E-state index in [0.717, 1.165) is 25.0 Å². The molecule has 0 aliphatic carbocycles. The maximum Gasteiger partial charge on any atom is 0.416 e. The standard InChI is InChI=1S/C14H17F3N2OS/c15-14(16,17)10-1-2-12(11(7-10)13(18)21)19-5-3-9(8-20)4-6-19/h1-2,7,9,20H,3-6,8H2,(H2,18,21). The Balaban J connectivity index is 2.29. The van der Waals surface area contributed by atoms with E-state index in [2.05, 4.69) is 0 Å². The largest absolute Gasteiger partial charge is 0.416 e. The Labute approximate surface area is 126 Å². The zero-order valence-electron chi connectivity index (χ0n) is 11.4. The van der Waals surface area contributed by atoms with E-state index >= 15 is 0 Å². The molecule has 1 aromatic rings. The molecule has 1 aliphatic heterocycles. The van der Waals surface area contributed by atoms with Crippen molar-refractivity contribution in [3.8, 4) is 0 Å². The second kappa shape index (κ2) is 6.19. The van der Waals surface area contributed by atoms with Crippen LogP contribution in [-0.2, 0) is 6.18 Å². The van der Waals surface area contributed by atoms with E-state index in [1.807, 2.05) is 4.90 Å². The van der Waals surface area contributed by atoms with Crippen molar-refractivity contribution < 1.29 is 18.3 Å². The van der Waals surface area contributed by atoms with Gasteiger partial charge in [-0.1, -0.05) is 12.2 Å². The number of rotatable bonds is 3. The summed E-state index contributed by atoms with van der Waals surface area (Å²) in [4.78, 5) is 1.93. The number of anilines is 1. The van der Waals surface area contributed by atoms with Gasteiger partial charge in [0, 0.05) is 30.9 Å². The minimum atomic E-state index is -4.41. The summed E-state index contributed by atoms with van der Waals surface area (Å²) >= 11 is 4.89. The zero-order chi connectivity index (χ0) is 15.6. The molecule has 0 saturated carbocycles. The van der Waals surface area contributed by atoms with E-state index in [4.69, 9.17) is 23.1 Å². The number of piperidine rings is 1. The van der Waals surface area contributed by atoms with Gasteiger partial charge in [0.1, 0.15) is 4.99 Å². The number of nitrogens with two attached hydrogens (primary N) is 1. The Morgan fingerprint density at radius 2 is 1.95 bits per heavy atom. The van der Waals surface area contributed by atoms with E-state index in [0.29, 0.717) is 18.8 Å². The molecule has 0 atom stereocenters. The summed E-state index contributed by atoms with van der Waals surface area (Å²) in [7, 11) is 0. The van der Waals surface area contributed by atoms with E-state index in [1.54, 1.807) is 0 Å². The lowest BCUT2D eigenvalue weighted by Gasteiger charge is -2.34. The Kier molecular flexibility index (Phi) is 4.73. The van der Waals surface area contributed by atoms with Crippen LogP contribution < -0.4 is 10.6 Å². The third-order valence-corrected chi connectivity index (χ3v) is 4.02. The minimum Gasteiger partial charge on any atom is -0.396 e. The normalized spacial score (nSPS) is 17.0. The molecule has 1 aliphatic rings. The van der Waals surface area contributed by atoms with Gasteiger partial charge in [-0.3, -0.25) is 0 Å². The van der Waals surface area contributed by atoms with Crippen LogP contribution in [0.4, 0.5) is 18.9 Å². The third-order valence-electron chi connectivity index (χ3n) is 3.80. The molecule has 1 fully saturated rings. The van der Waals surface area contributed by atoms with Crippen molar-refractivity contribution in [2.75, 3.05) is 24.6 Å². The average molecular weight is 318 g/mol. The number of nitrogens with zero attached hydrogens (tertiary/aromatic N) is 1. The summed E-state index contributed by atoms with van der Waals surface area (Å²) in [6.45, 7) is 1.49. The number of hydrogen-bond acceptors (Lipinski definition) is 3. The number of aliphatic hydroxyl groups excluding tert-OH is 1. The summed E-state index contributed by atoms with van der Waals surface area (Å²) in [5.41, 5.74) is 5.72. The first kappa shape index (κ1) is 16.0. The molecule has 2 rings (SSSR count). The van der Waals surface area contributed by atoms with Crippen molar-refractivity contribution in [1.29, 1.82) is 0 Å². The fraction of sp³-hybridized carbons (Fsp3) is 0.500. The smallest absolute Gasteiger partial charge is 0.396 e. The van der Waals surface area contributed by atoms with Gasteiger partial charge in [0.05, 0.1) is 5.56 Å². The summed E-state index contributed by atoms with van der Waals surface area (Å²) in [5, 5.41) is 9.13. The molecule has 0 aromatic heterocycles. The van der Waals surface area contributed by atoms with Crippen LogP contribution in [0.25, 0.3) is 0 Å². The highest BCUT2D eigenvalue weighted by atomic mass is 32.1. The number of halogens is 3. The highest BCUT2D eigenvalue weighted by molar-refractivity contribution is 7.80. The van der Waals surface area contributed by atoms with E-state index in [-0.39, 0.29) is 23.1 Å². The fourth-order valence-corrected chi connectivity index (χ4v) is 2.71. The topological polar surface area (TPSA) is 49.5 Å². The molecule has 1 aromatic carbocycles. The van der Waals surface area contributed by atoms with Crippen LogP contribution >= 0.6 is 12.2 Å². The van der Waals surface area contributed by atoms with Crippen molar-refractivity contribution in [2.24, 2.45) is 11.7 Å². The van der Waals surface area contributed by atoms with Gasteiger partial charge in [-0.25, -0.2) is 0 Å². The van der Waals surface area contributed by atoms with E-state index in [1.165, 1.54) is 6.07 Å². The lowest BCUT2D eigenvalue weighted by Crippen LogP contribution is -2.36. The second-order valence-corrected chi connectivity index (χ2v) is 5.65.